The van der Waals surface area contributed by atoms with Gasteiger partial charge >= 0.3 is 0 Å². The minimum absolute atomic E-state index is 0.444. The maximum Gasteiger partial charge on any atom is 0.260 e. The molecular formula is C11H17F2N3. The Hall–Kier alpha value is -1.13. The second-order valence-corrected chi connectivity index (χ2v) is 4.19. The molecule has 1 aromatic rings. The molecule has 1 atom stereocenters. The van der Waals surface area contributed by atoms with Gasteiger partial charge in [0.15, 0.2) is 0 Å². The number of nitrogens with zero attached hydrogens (tertiary/aromatic N) is 2. The number of unbranched alkanes of at least 4 members (excludes halogenated alkanes) is 1. The van der Waals surface area contributed by atoms with Gasteiger partial charge < -0.3 is 5.32 Å². The molecule has 0 saturated carbocycles. The van der Waals surface area contributed by atoms with Crippen molar-refractivity contribution in [1.82, 2.24) is 9.78 Å². The first-order chi connectivity index (χ1) is 7.72. The summed E-state index contributed by atoms with van der Waals surface area (Å²) in [5, 5.41) is 7.38. The molecule has 1 N–H and O–H groups in total. The van der Waals surface area contributed by atoms with Crippen molar-refractivity contribution in [3.8, 4) is 0 Å². The predicted molar refractivity (Wildman–Crippen MR) is 59.0 cm³/mol. The van der Waals surface area contributed by atoms with E-state index in [1.807, 2.05) is 6.07 Å². The predicted octanol–water partition coefficient (Wildman–Crippen LogP) is 2.85. The van der Waals surface area contributed by atoms with Crippen molar-refractivity contribution < 1.29 is 8.78 Å². The second kappa shape index (κ2) is 4.80. The zero-order valence-electron chi connectivity index (χ0n) is 9.42. The quantitative estimate of drug-likeness (QED) is 0.860. The van der Waals surface area contributed by atoms with Crippen LogP contribution in [0.15, 0.2) is 6.07 Å². The van der Waals surface area contributed by atoms with Crippen molar-refractivity contribution in [3.05, 3.63) is 11.8 Å². The molecular weight excluding hydrogens is 212 g/mol. The SMILES string of the molecule is CCCCc1cc2n(n1)C(C(F)F)CCN2. The Morgan fingerprint density at radius 3 is 3.12 bits per heavy atom. The first kappa shape index (κ1) is 11.4. The number of halogens is 2. The number of nitrogens with one attached hydrogen (secondary N) is 1. The number of rotatable bonds is 4. The summed E-state index contributed by atoms with van der Waals surface area (Å²) < 4.78 is 27.0. The first-order valence-electron chi connectivity index (χ1n) is 5.82. The highest BCUT2D eigenvalue weighted by atomic mass is 19.3. The van der Waals surface area contributed by atoms with E-state index >= 15 is 0 Å². The summed E-state index contributed by atoms with van der Waals surface area (Å²) in [5.74, 6) is 0.739. The molecule has 1 unspecified atom stereocenters. The Bertz CT molecular complexity index is 349. The van der Waals surface area contributed by atoms with Crippen LogP contribution in [-0.4, -0.2) is 22.8 Å². The number of anilines is 1. The third-order valence-corrected chi connectivity index (χ3v) is 2.92. The summed E-state index contributed by atoms with van der Waals surface area (Å²) in [6.45, 7) is 2.71. The molecule has 2 rings (SSSR count). The smallest absolute Gasteiger partial charge is 0.260 e. The molecule has 0 saturated heterocycles. The van der Waals surface area contributed by atoms with E-state index in [1.54, 1.807) is 0 Å². The standard InChI is InChI=1S/C11H17F2N3/c1-2-3-4-8-7-10-14-6-5-9(11(12)13)16(10)15-8/h7,9,11,14H,2-6H2,1H3. The van der Waals surface area contributed by atoms with Crippen LogP contribution in [0, 0.1) is 0 Å². The molecule has 90 valence electrons. The molecule has 1 aliphatic heterocycles. The highest BCUT2D eigenvalue weighted by Gasteiger charge is 2.28. The van der Waals surface area contributed by atoms with Gasteiger partial charge in [-0.15, -0.1) is 0 Å². The van der Waals surface area contributed by atoms with Crippen LogP contribution in [0.4, 0.5) is 14.6 Å². The molecule has 1 aromatic heterocycles. The maximum atomic E-state index is 12.8. The van der Waals surface area contributed by atoms with Crippen molar-refractivity contribution in [1.29, 1.82) is 0 Å². The Morgan fingerprint density at radius 1 is 1.62 bits per heavy atom. The summed E-state index contributed by atoms with van der Waals surface area (Å²) in [7, 11) is 0. The zero-order valence-corrected chi connectivity index (χ0v) is 9.42. The van der Waals surface area contributed by atoms with E-state index in [0.29, 0.717) is 13.0 Å². The van der Waals surface area contributed by atoms with Gasteiger partial charge in [-0.05, 0) is 19.3 Å². The van der Waals surface area contributed by atoms with Crippen LogP contribution >= 0.6 is 0 Å². The molecule has 16 heavy (non-hydrogen) atoms. The van der Waals surface area contributed by atoms with Crippen LogP contribution in [0.1, 0.15) is 37.9 Å². The van der Waals surface area contributed by atoms with Gasteiger partial charge in [0.1, 0.15) is 11.9 Å². The number of aryl methyl sites for hydroxylation is 1. The van der Waals surface area contributed by atoms with Crippen molar-refractivity contribution >= 4 is 5.82 Å². The molecule has 1 aliphatic rings. The fraction of sp³-hybridized carbons (Fsp3) is 0.727. The van der Waals surface area contributed by atoms with E-state index in [4.69, 9.17) is 0 Å². The summed E-state index contributed by atoms with van der Waals surface area (Å²) >= 11 is 0. The van der Waals surface area contributed by atoms with Gasteiger partial charge in [-0.25, -0.2) is 13.5 Å². The van der Waals surface area contributed by atoms with E-state index in [-0.39, 0.29) is 0 Å². The van der Waals surface area contributed by atoms with E-state index in [2.05, 4.69) is 17.3 Å². The maximum absolute atomic E-state index is 12.8. The second-order valence-electron chi connectivity index (χ2n) is 4.19. The first-order valence-corrected chi connectivity index (χ1v) is 5.82. The lowest BCUT2D eigenvalue weighted by Gasteiger charge is -2.24. The van der Waals surface area contributed by atoms with Gasteiger partial charge in [0, 0.05) is 12.6 Å². The Morgan fingerprint density at radius 2 is 2.44 bits per heavy atom. The largest absolute Gasteiger partial charge is 0.370 e. The number of hydrogen-bond donors (Lipinski definition) is 1. The third kappa shape index (κ3) is 2.18. The number of fused-ring (bicyclic) bond motifs is 1. The van der Waals surface area contributed by atoms with Crippen molar-refractivity contribution in [2.75, 3.05) is 11.9 Å². The van der Waals surface area contributed by atoms with Crippen LogP contribution < -0.4 is 5.32 Å². The van der Waals surface area contributed by atoms with E-state index < -0.39 is 12.5 Å². The molecule has 0 aromatic carbocycles. The fourth-order valence-electron chi connectivity index (χ4n) is 2.01. The van der Waals surface area contributed by atoms with E-state index in [0.717, 1.165) is 30.8 Å². The molecule has 0 fully saturated rings. The monoisotopic (exact) mass is 229 g/mol. The molecule has 2 heterocycles. The molecule has 0 radical (unpaired) electrons. The van der Waals surface area contributed by atoms with Gasteiger partial charge in [0.2, 0.25) is 0 Å². The van der Waals surface area contributed by atoms with Crippen molar-refractivity contribution in [2.24, 2.45) is 0 Å². The van der Waals surface area contributed by atoms with Crippen LogP contribution in [0.2, 0.25) is 0 Å². The number of alkyl halides is 2. The van der Waals surface area contributed by atoms with Crippen molar-refractivity contribution in [3.63, 3.8) is 0 Å². The highest BCUT2D eigenvalue weighted by Crippen LogP contribution is 2.29. The molecule has 0 amide bonds. The van der Waals surface area contributed by atoms with Crippen LogP contribution in [0.25, 0.3) is 0 Å². The van der Waals surface area contributed by atoms with Gasteiger partial charge in [-0.1, -0.05) is 13.3 Å². The Balaban J connectivity index is 2.17. The van der Waals surface area contributed by atoms with Crippen molar-refractivity contribution in [2.45, 2.75) is 45.1 Å². The molecule has 5 heteroatoms. The molecule has 0 bridgehead atoms. The van der Waals surface area contributed by atoms with Gasteiger partial charge in [-0.2, -0.15) is 5.10 Å². The molecule has 3 nitrogen and oxygen atoms in total. The molecule has 0 aliphatic carbocycles. The van der Waals surface area contributed by atoms with E-state index in [9.17, 15) is 8.78 Å². The van der Waals surface area contributed by atoms with Gasteiger partial charge in [-0.3, -0.25) is 0 Å². The van der Waals surface area contributed by atoms with Crippen LogP contribution in [-0.2, 0) is 6.42 Å². The van der Waals surface area contributed by atoms with Crippen LogP contribution in [0.3, 0.4) is 0 Å². The minimum Gasteiger partial charge on any atom is -0.370 e. The Kier molecular flexibility index (Phi) is 3.41. The topological polar surface area (TPSA) is 29.9 Å². The summed E-state index contributed by atoms with van der Waals surface area (Å²) in [4.78, 5) is 0. The average molecular weight is 229 g/mol. The number of aromatic nitrogens is 2. The van der Waals surface area contributed by atoms with E-state index in [1.165, 1.54) is 4.68 Å². The summed E-state index contributed by atoms with van der Waals surface area (Å²) in [6, 6.07) is 1.14. The van der Waals surface area contributed by atoms with Gasteiger partial charge in [0.05, 0.1) is 5.69 Å². The normalized spacial score (nSPS) is 19.6. The fourth-order valence-corrected chi connectivity index (χ4v) is 2.01. The highest BCUT2D eigenvalue weighted by molar-refractivity contribution is 5.39. The van der Waals surface area contributed by atoms with Crippen LogP contribution in [0.5, 0.6) is 0 Å². The minimum atomic E-state index is -2.33. The molecule has 0 spiro atoms. The summed E-state index contributed by atoms with van der Waals surface area (Å²) in [6.07, 6.45) is 1.12. The lowest BCUT2D eigenvalue weighted by molar-refractivity contribution is 0.0713. The zero-order chi connectivity index (χ0) is 11.5. The number of hydrogen-bond acceptors (Lipinski definition) is 2. The lowest BCUT2D eigenvalue weighted by atomic mass is 10.2. The summed E-state index contributed by atoms with van der Waals surface area (Å²) in [5.41, 5.74) is 0.914. The Labute approximate surface area is 93.8 Å². The lowest BCUT2D eigenvalue weighted by Crippen LogP contribution is -2.28. The average Bonchev–Trinajstić information content (AvgIpc) is 2.68. The third-order valence-electron chi connectivity index (χ3n) is 2.92. The van der Waals surface area contributed by atoms with Gasteiger partial charge in [0.25, 0.3) is 6.43 Å².